The largest absolute Gasteiger partial charge is 0.357 e. The van der Waals surface area contributed by atoms with Crippen molar-refractivity contribution < 1.29 is 0 Å². The van der Waals surface area contributed by atoms with E-state index in [-0.39, 0.29) is 0 Å². The van der Waals surface area contributed by atoms with Crippen molar-refractivity contribution in [1.82, 2.24) is 15.1 Å². The lowest BCUT2D eigenvalue weighted by Crippen LogP contribution is -2.41. The van der Waals surface area contributed by atoms with E-state index in [2.05, 4.69) is 36.0 Å². The van der Waals surface area contributed by atoms with Crippen LogP contribution in [0.1, 0.15) is 52.4 Å². The van der Waals surface area contributed by atoms with Gasteiger partial charge in [0.25, 0.3) is 0 Å². The second kappa shape index (κ2) is 7.20. The molecule has 3 unspecified atom stereocenters. The molecule has 2 aliphatic carbocycles. The number of nitrogens with zero attached hydrogens (tertiary/aromatic N) is 3. The van der Waals surface area contributed by atoms with Crippen molar-refractivity contribution in [1.29, 1.82) is 0 Å². The van der Waals surface area contributed by atoms with Gasteiger partial charge in [0.1, 0.15) is 0 Å². The standard InChI is InChI=1S/C18H34N4/c1-4-19-18(20-11-14(2)21(3)17-9-10-17)22-12-15-7-5-6-8-16(15)13-22/h14-17H,4-13H2,1-3H3,(H,19,20). The van der Waals surface area contributed by atoms with Crippen LogP contribution < -0.4 is 5.32 Å². The SMILES string of the molecule is CCNC(=NCC(C)N(C)C1CC1)N1CC2CCCCC2C1. The van der Waals surface area contributed by atoms with E-state index in [0.717, 1.165) is 36.9 Å². The molecule has 126 valence electrons. The first-order chi connectivity index (χ1) is 10.7. The average molecular weight is 306 g/mol. The zero-order valence-corrected chi connectivity index (χ0v) is 14.7. The summed E-state index contributed by atoms with van der Waals surface area (Å²) in [5, 5.41) is 3.53. The molecule has 3 aliphatic rings. The highest BCUT2D eigenvalue weighted by Crippen LogP contribution is 2.36. The average Bonchev–Trinajstić information content (AvgIpc) is 3.29. The molecule has 3 fully saturated rings. The Morgan fingerprint density at radius 3 is 2.36 bits per heavy atom. The normalized spacial score (nSPS) is 30.5. The van der Waals surface area contributed by atoms with Crippen LogP contribution in [0.2, 0.25) is 0 Å². The summed E-state index contributed by atoms with van der Waals surface area (Å²) in [7, 11) is 2.26. The van der Waals surface area contributed by atoms with E-state index >= 15 is 0 Å². The molecule has 22 heavy (non-hydrogen) atoms. The lowest BCUT2D eigenvalue weighted by atomic mass is 9.82. The van der Waals surface area contributed by atoms with Crippen LogP contribution in [0.5, 0.6) is 0 Å². The third-order valence-corrected chi connectivity index (χ3v) is 5.93. The summed E-state index contributed by atoms with van der Waals surface area (Å²) in [6.07, 6.45) is 8.49. The molecule has 0 bridgehead atoms. The van der Waals surface area contributed by atoms with E-state index in [4.69, 9.17) is 4.99 Å². The third kappa shape index (κ3) is 3.76. The van der Waals surface area contributed by atoms with Gasteiger partial charge in [0.05, 0.1) is 6.54 Å². The first-order valence-corrected chi connectivity index (χ1v) is 9.44. The Kier molecular flexibility index (Phi) is 5.27. The van der Waals surface area contributed by atoms with Crippen molar-refractivity contribution in [2.45, 2.75) is 64.5 Å². The molecule has 3 rings (SSSR count). The fourth-order valence-corrected chi connectivity index (χ4v) is 4.19. The Balaban J connectivity index is 1.58. The Morgan fingerprint density at radius 1 is 1.18 bits per heavy atom. The number of hydrogen-bond donors (Lipinski definition) is 1. The van der Waals surface area contributed by atoms with Gasteiger partial charge >= 0.3 is 0 Å². The molecule has 3 atom stereocenters. The van der Waals surface area contributed by atoms with E-state index in [1.807, 2.05) is 0 Å². The highest BCUT2D eigenvalue weighted by molar-refractivity contribution is 5.80. The Labute approximate surface area is 136 Å². The summed E-state index contributed by atoms with van der Waals surface area (Å²) >= 11 is 0. The fraction of sp³-hybridized carbons (Fsp3) is 0.944. The molecule has 4 heteroatoms. The van der Waals surface area contributed by atoms with Crippen LogP contribution in [-0.2, 0) is 0 Å². The molecule has 1 saturated heterocycles. The molecule has 2 saturated carbocycles. The zero-order valence-electron chi connectivity index (χ0n) is 14.7. The number of rotatable bonds is 5. The highest BCUT2D eigenvalue weighted by Gasteiger charge is 2.35. The predicted molar refractivity (Wildman–Crippen MR) is 93.2 cm³/mol. The zero-order chi connectivity index (χ0) is 15.5. The maximum atomic E-state index is 4.97. The first-order valence-electron chi connectivity index (χ1n) is 9.44. The van der Waals surface area contributed by atoms with Crippen molar-refractivity contribution in [2.24, 2.45) is 16.8 Å². The number of fused-ring (bicyclic) bond motifs is 1. The molecule has 0 aromatic rings. The van der Waals surface area contributed by atoms with E-state index in [0.29, 0.717) is 6.04 Å². The Bertz CT molecular complexity index is 377. The predicted octanol–water partition coefficient (Wildman–Crippen LogP) is 2.56. The van der Waals surface area contributed by atoms with E-state index in [9.17, 15) is 0 Å². The number of hydrogen-bond acceptors (Lipinski definition) is 2. The van der Waals surface area contributed by atoms with Gasteiger partial charge in [0, 0.05) is 31.7 Å². The van der Waals surface area contributed by atoms with Crippen LogP contribution in [0.4, 0.5) is 0 Å². The van der Waals surface area contributed by atoms with Crippen LogP contribution in [0.25, 0.3) is 0 Å². The molecule has 0 aromatic carbocycles. The second-order valence-electron chi connectivity index (χ2n) is 7.65. The summed E-state index contributed by atoms with van der Waals surface area (Å²) in [5.74, 6) is 3.00. The molecule has 1 N–H and O–H groups in total. The van der Waals surface area contributed by atoms with Gasteiger partial charge in [-0.3, -0.25) is 9.89 Å². The van der Waals surface area contributed by atoms with Crippen molar-refractivity contribution >= 4 is 5.96 Å². The molecule has 0 amide bonds. The van der Waals surface area contributed by atoms with E-state index in [1.165, 1.54) is 51.6 Å². The molecular formula is C18H34N4. The van der Waals surface area contributed by atoms with Gasteiger partial charge in [-0.2, -0.15) is 0 Å². The Hall–Kier alpha value is -0.770. The quantitative estimate of drug-likeness (QED) is 0.625. The summed E-state index contributed by atoms with van der Waals surface area (Å²) in [6.45, 7) is 8.83. The first kappa shape index (κ1) is 16.1. The number of likely N-dealkylation sites (N-methyl/N-ethyl adjacent to an activating group) is 1. The second-order valence-corrected chi connectivity index (χ2v) is 7.65. The van der Waals surface area contributed by atoms with Crippen molar-refractivity contribution in [3.05, 3.63) is 0 Å². The number of nitrogens with one attached hydrogen (secondary N) is 1. The molecule has 1 aliphatic heterocycles. The van der Waals surface area contributed by atoms with Crippen molar-refractivity contribution in [3.8, 4) is 0 Å². The van der Waals surface area contributed by atoms with E-state index < -0.39 is 0 Å². The molecule has 1 heterocycles. The minimum absolute atomic E-state index is 0.547. The van der Waals surface area contributed by atoms with Gasteiger partial charge in [-0.05, 0) is 58.4 Å². The summed E-state index contributed by atoms with van der Waals surface area (Å²) in [4.78, 5) is 10.0. The molecule has 0 spiro atoms. The van der Waals surface area contributed by atoms with Crippen LogP contribution in [0.15, 0.2) is 4.99 Å². The van der Waals surface area contributed by atoms with E-state index in [1.54, 1.807) is 0 Å². The maximum absolute atomic E-state index is 4.97. The Morgan fingerprint density at radius 2 is 1.82 bits per heavy atom. The van der Waals surface area contributed by atoms with Crippen molar-refractivity contribution in [3.63, 3.8) is 0 Å². The molecule has 4 nitrogen and oxygen atoms in total. The van der Waals surface area contributed by atoms with Gasteiger partial charge in [-0.25, -0.2) is 0 Å². The molecule has 0 radical (unpaired) electrons. The number of aliphatic imine (C=N–C) groups is 1. The third-order valence-electron chi connectivity index (χ3n) is 5.93. The number of likely N-dealkylation sites (tertiary alicyclic amines) is 1. The minimum Gasteiger partial charge on any atom is -0.357 e. The van der Waals surface area contributed by atoms with Gasteiger partial charge in [-0.15, -0.1) is 0 Å². The maximum Gasteiger partial charge on any atom is 0.193 e. The topological polar surface area (TPSA) is 30.9 Å². The van der Waals surface area contributed by atoms with Crippen LogP contribution >= 0.6 is 0 Å². The van der Waals surface area contributed by atoms with Crippen molar-refractivity contribution in [2.75, 3.05) is 33.2 Å². The lowest BCUT2D eigenvalue weighted by Gasteiger charge is -2.25. The van der Waals surface area contributed by atoms with Crippen LogP contribution in [0, 0.1) is 11.8 Å². The number of guanidine groups is 1. The fourth-order valence-electron chi connectivity index (χ4n) is 4.19. The van der Waals surface area contributed by atoms with Gasteiger partial charge in [0.15, 0.2) is 5.96 Å². The monoisotopic (exact) mass is 306 g/mol. The van der Waals surface area contributed by atoms with Gasteiger partial charge < -0.3 is 10.2 Å². The lowest BCUT2D eigenvalue weighted by molar-refractivity contribution is 0.252. The van der Waals surface area contributed by atoms with Crippen LogP contribution in [0.3, 0.4) is 0 Å². The molecule has 0 aromatic heterocycles. The summed E-state index contributed by atoms with van der Waals surface area (Å²) < 4.78 is 0. The smallest absolute Gasteiger partial charge is 0.193 e. The van der Waals surface area contributed by atoms with Gasteiger partial charge in [0.2, 0.25) is 0 Å². The van der Waals surface area contributed by atoms with Crippen LogP contribution in [-0.4, -0.2) is 61.1 Å². The summed E-state index contributed by atoms with van der Waals surface area (Å²) in [6, 6.07) is 1.37. The minimum atomic E-state index is 0.547. The van der Waals surface area contributed by atoms with Gasteiger partial charge in [-0.1, -0.05) is 12.8 Å². The molecular weight excluding hydrogens is 272 g/mol. The highest BCUT2D eigenvalue weighted by atomic mass is 15.3. The summed E-state index contributed by atoms with van der Waals surface area (Å²) in [5.41, 5.74) is 0.